The van der Waals surface area contributed by atoms with Gasteiger partial charge in [-0.25, -0.2) is 0 Å². The summed E-state index contributed by atoms with van der Waals surface area (Å²) >= 11 is 0. The van der Waals surface area contributed by atoms with Crippen LogP contribution in [0.2, 0.25) is 0 Å². The zero-order chi connectivity index (χ0) is 14.0. The minimum atomic E-state index is 0.0812. The molecule has 1 saturated carbocycles. The zero-order valence-corrected chi connectivity index (χ0v) is 12.0. The summed E-state index contributed by atoms with van der Waals surface area (Å²) in [6, 6.07) is 8.32. The van der Waals surface area contributed by atoms with Crippen LogP contribution in [0.1, 0.15) is 44.6 Å². The van der Waals surface area contributed by atoms with Crippen LogP contribution in [0.15, 0.2) is 30.5 Å². The number of fused-ring (bicyclic) bond motifs is 1. The zero-order valence-electron chi connectivity index (χ0n) is 12.0. The molecule has 0 unspecified atom stereocenters. The number of benzene rings is 1. The molecule has 0 spiro atoms. The maximum Gasteiger partial charge on any atom is 0.220 e. The molecule has 1 aromatic carbocycles. The molecule has 0 bridgehead atoms. The normalized spacial score (nSPS) is 16.9. The van der Waals surface area contributed by atoms with E-state index in [4.69, 9.17) is 0 Å². The number of hydrogen-bond donors (Lipinski definition) is 2. The van der Waals surface area contributed by atoms with Crippen molar-refractivity contribution in [3.8, 4) is 0 Å². The van der Waals surface area contributed by atoms with Crippen molar-refractivity contribution >= 4 is 16.8 Å². The second-order valence-corrected chi connectivity index (χ2v) is 6.18. The number of hydrogen-bond acceptors (Lipinski definition) is 1. The molecule has 1 amide bonds. The Morgan fingerprint density at radius 1 is 1.35 bits per heavy atom. The Labute approximate surface area is 119 Å². The third kappa shape index (κ3) is 2.72. The van der Waals surface area contributed by atoms with Gasteiger partial charge in [0.25, 0.3) is 0 Å². The Balaban J connectivity index is 1.51. The molecule has 1 aliphatic rings. The second kappa shape index (κ2) is 5.31. The fraction of sp³-hybridized carbons (Fsp3) is 0.471. The standard InChI is InChI=1S/C17H22N2O/c1-17(10-5-11-17)19-16(20)9-4-6-13-12-18-15-8-3-2-7-14(13)15/h2-3,7-8,12,18H,4-6,9-11H2,1H3,(H,19,20). The van der Waals surface area contributed by atoms with Crippen LogP contribution >= 0.6 is 0 Å². The van der Waals surface area contributed by atoms with Gasteiger partial charge in [0.2, 0.25) is 5.91 Å². The van der Waals surface area contributed by atoms with E-state index in [9.17, 15) is 4.79 Å². The predicted octanol–water partition coefficient (Wildman–Crippen LogP) is 3.55. The Hall–Kier alpha value is -1.77. The molecule has 2 aromatic rings. The highest BCUT2D eigenvalue weighted by Crippen LogP contribution is 2.31. The number of carbonyl (C=O) groups excluding carboxylic acids is 1. The summed E-state index contributed by atoms with van der Waals surface area (Å²) in [5, 5.41) is 4.44. The second-order valence-electron chi connectivity index (χ2n) is 6.18. The molecule has 2 N–H and O–H groups in total. The lowest BCUT2D eigenvalue weighted by molar-refractivity contribution is -0.123. The fourth-order valence-electron chi connectivity index (χ4n) is 3.01. The van der Waals surface area contributed by atoms with Crippen LogP contribution in [0.25, 0.3) is 10.9 Å². The Morgan fingerprint density at radius 3 is 2.90 bits per heavy atom. The number of nitrogens with one attached hydrogen (secondary N) is 2. The van der Waals surface area contributed by atoms with Gasteiger partial charge in [-0.1, -0.05) is 18.2 Å². The molecule has 0 aliphatic heterocycles. The van der Waals surface area contributed by atoms with E-state index in [0.717, 1.165) is 25.7 Å². The SMILES string of the molecule is CC1(NC(=O)CCCc2c[nH]c3ccccc23)CCC1. The number of H-pyrrole nitrogens is 1. The van der Waals surface area contributed by atoms with E-state index in [1.54, 1.807) is 0 Å². The average molecular weight is 270 g/mol. The smallest absolute Gasteiger partial charge is 0.220 e. The highest BCUT2D eigenvalue weighted by atomic mass is 16.1. The molecule has 1 heterocycles. The molecular formula is C17H22N2O. The molecule has 0 saturated heterocycles. The van der Waals surface area contributed by atoms with Crippen molar-refractivity contribution in [2.75, 3.05) is 0 Å². The van der Waals surface area contributed by atoms with Crippen LogP contribution in [0.5, 0.6) is 0 Å². The fourth-order valence-corrected chi connectivity index (χ4v) is 3.01. The molecule has 0 radical (unpaired) electrons. The summed E-state index contributed by atoms with van der Waals surface area (Å²) in [5.74, 6) is 0.201. The summed E-state index contributed by atoms with van der Waals surface area (Å²) in [4.78, 5) is 15.2. The van der Waals surface area contributed by atoms with Gasteiger partial charge in [0, 0.05) is 29.1 Å². The largest absolute Gasteiger partial charge is 0.361 e. The van der Waals surface area contributed by atoms with Crippen LogP contribution in [-0.4, -0.2) is 16.4 Å². The van der Waals surface area contributed by atoms with Gasteiger partial charge in [-0.2, -0.15) is 0 Å². The van der Waals surface area contributed by atoms with E-state index < -0.39 is 0 Å². The quantitative estimate of drug-likeness (QED) is 0.857. The average Bonchev–Trinajstić information content (AvgIpc) is 2.81. The molecule has 3 rings (SSSR count). The van der Waals surface area contributed by atoms with E-state index in [2.05, 4.69) is 41.6 Å². The first-order valence-electron chi connectivity index (χ1n) is 7.52. The predicted molar refractivity (Wildman–Crippen MR) is 81.6 cm³/mol. The number of para-hydroxylation sites is 1. The Bertz CT molecular complexity index is 610. The summed E-state index contributed by atoms with van der Waals surface area (Å²) < 4.78 is 0. The van der Waals surface area contributed by atoms with Gasteiger partial charge in [0.15, 0.2) is 0 Å². The third-order valence-corrected chi connectivity index (χ3v) is 4.42. The van der Waals surface area contributed by atoms with Crippen LogP contribution in [0.4, 0.5) is 0 Å². The third-order valence-electron chi connectivity index (χ3n) is 4.42. The molecule has 3 heteroatoms. The van der Waals surface area contributed by atoms with E-state index >= 15 is 0 Å². The highest BCUT2D eigenvalue weighted by Gasteiger charge is 2.32. The van der Waals surface area contributed by atoms with Gasteiger partial charge in [-0.15, -0.1) is 0 Å². The van der Waals surface area contributed by atoms with Gasteiger partial charge in [-0.3, -0.25) is 4.79 Å². The van der Waals surface area contributed by atoms with Crippen molar-refractivity contribution in [2.24, 2.45) is 0 Å². The van der Waals surface area contributed by atoms with E-state index in [1.807, 2.05) is 6.07 Å². The number of aromatic amines is 1. The lowest BCUT2D eigenvalue weighted by Gasteiger charge is -2.39. The van der Waals surface area contributed by atoms with Gasteiger partial charge >= 0.3 is 0 Å². The van der Waals surface area contributed by atoms with Crippen molar-refractivity contribution in [1.82, 2.24) is 10.3 Å². The van der Waals surface area contributed by atoms with Gasteiger partial charge in [0.05, 0.1) is 0 Å². The highest BCUT2D eigenvalue weighted by molar-refractivity contribution is 5.83. The Morgan fingerprint density at radius 2 is 2.15 bits per heavy atom. The van der Waals surface area contributed by atoms with E-state index in [0.29, 0.717) is 6.42 Å². The maximum absolute atomic E-state index is 11.9. The summed E-state index contributed by atoms with van der Waals surface area (Å²) in [7, 11) is 0. The van der Waals surface area contributed by atoms with Crippen LogP contribution < -0.4 is 5.32 Å². The topological polar surface area (TPSA) is 44.9 Å². The van der Waals surface area contributed by atoms with E-state index in [-0.39, 0.29) is 11.4 Å². The van der Waals surface area contributed by atoms with Crippen molar-refractivity contribution in [1.29, 1.82) is 0 Å². The van der Waals surface area contributed by atoms with Crippen molar-refractivity contribution < 1.29 is 4.79 Å². The van der Waals surface area contributed by atoms with Crippen LogP contribution in [0, 0.1) is 0 Å². The minimum Gasteiger partial charge on any atom is -0.361 e. The van der Waals surface area contributed by atoms with Crippen molar-refractivity contribution in [3.63, 3.8) is 0 Å². The molecule has 20 heavy (non-hydrogen) atoms. The van der Waals surface area contributed by atoms with Crippen molar-refractivity contribution in [2.45, 2.75) is 51.0 Å². The summed E-state index contributed by atoms with van der Waals surface area (Å²) in [5.41, 5.74) is 2.56. The molecule has 3 nitrogen and oxygen atoms in total. The number of aromatic nitrogens is 1. The first-order valence-corrected chi connectivity index (χ1v) is 7.52. The van der Waals surface area contributed by atoms with Gasteiger partial charge < -0.3 is 10.3 Å². The lowest BCUT2D eigenvalue weighted by atomic mass is 9.78. The van der Waals surface area contributed by atoms with Gasteiger partial charge in [0.1, 0.15) is 0 Å². The van der Waals surface area contributed by atoms with Gasteiger partial charge in [-0.05, 0) is 50.7 Å². The molecule has 0 atom stereocenters. The first kappa shape index (κ1) is 13.2. The van der Waals surface area contributed by atoms with E-state index in [1.165, 1.54) is 22.9 Å². The number of amides is 1. The molecule has 1 aliphatic carbocycles. The van der Waals surface area contributed by atoms with Crippen LogP contribution in [0.3, 0.4) is 0 Å². The molecule has 1 fully saturated rings. The number of aryl methyl sites for hydroxylation is 1. The first-order chi connectivity index (χ1) is 9.66. The Kier molecular flexibility index (Phi) is 3.51. The minimum absolute atomic E-state index is 0.0812. The summed E-state index contributed by atoms with van der Waals surface area (Å²) in [6.07, 6.45) is 8.04. The lowest BCUT2D eigenvalue weighted by Crippen LogP contribution is -2.50. The number of carbonyl (C=O) groups is 1. The number of rotatable bonds is 5. The molecule has 1 aromatic heterocycles. The molecular weight excluding hydrogens is 248 g/mol. The van der Waals surface area contributed by atoms with Crippen LogP contribution in [-0.2, 0) is 11.2 Å². The monoisotopic (exact) mass is 270 g/mol. The summed E-state index contributed by atoms with van der Waals surface area (Å²) in [6.45, 7) is 2.15. The molecule has 106 valence electrons. The van der Waals surface area contributed by atoms with Crippen molar-refractivity contribution in [3.05, 3.63) is 36.0 Å². The maximum atomic E-state index is 11.9.